The lowest BCUT2D eigenvalue weighted by Crippen LogP contribution is -1.87. The zero-order valence-electron chi connectivity index (χ0n) is 7.92. The molecule has 0 aliphatic rings. The summed E-state index contributed by atoms with van der Waals surface area (Å²) in [4.78, 5) is 7.58. The van der Waals surface area contributed by atoms with E-state index in [9.17, 15) is 0 Å². The summed E-state index contributed by atoms with van der Waals surface area (Å²) in [5.74, 6) is 0. The maximum Gasteiger partial charge on any atom is 0.0731 e. The van der Waals surface area contributed by atoms with E-state index in [2.05, 4.69) is 32.8 Å². The minimum Gasteiger partial charge on any atom is -0.363 e. The Morgan fingerprint density at radius 3 is 2.93 bits per heavy atom. The van der Waals surface area contributed by atoms with Crippen molar-refractivity contribution in [3.63, 3.8) is 0 Å². The number of aromatic nitrogens is 2. The summed E-state index contributed by atoms with van der Waals surface area (Å²) >= 11 is 3.52. The van der Waals surface area contributed by atoms with E-state index in [0.29, 0.717) is 0 Å². The minimum absolute atomic E-state index is 0.984. The molecule has 2 aromatic rings. The van der Waals surface area contributed by atoms with Crippen molar-refractivity contribution >= 4 is 15.9 Å². The molecule has 72 valence electrons. The molecule has 2 heterocycles. The maximum absolute atomic E-state index is 4.34. The van der Waals surface area contributed by atoms with Crippen LogP contribution in [-0.2, 0) is 6.42 Å². The molecule has 0 saturated heterocycles. The van der Waals surface area contributed by atoms with Crippen molar-refractivity contribution in [2.75, 3.05) is 0 Å². The molecule has 0 saturated carbocycles. The number of hydrogen-bond donors (Lipinski definition) is 1. The van der Waals surface area contributed by atoms with Crippen LogP contribution in [0.25, 0.3) is 11.3 Å². The largest absolute Gasteiger partial charge is 0.363 e. The van der Waals surface area contributed by atoms with E-state index in [1.807, 2.05) is 30.6 Å². The van der Waals surface area contributed by atoms with Gasteiger partial charge in [0.05, 0.1) is 5.69 Å². The molecule has 14 heavy (non-hydrogen) atoms. The molecule has 0 aliphatic carbocycles. The number of nitrogens with one attached hydrogen (secondary N) is 1. The van der Waals surface area contributed by atoms with Crippen LogP contribution in [0.4, 0.5) is 0 Å². The average Bonchev–Trinajstić information content (AvgIpc) is 2.61. The molecule has 3 heteroatoms. The van der Waals surface area contributed by atoms with Crippen molar-refractivity contribution in [1.82, 2.24) is 9.97 Å². The van der Waals surface area contributed by atoms with Crippen LogP contribution in [0.2, 0.25) is 0 Å². The van der Waals surface area contributed by atoms with Crippen molar-refractivity contribution in [3.8, 4) is 11.3 Å². The molecular formula is C11H11BrN2. The van der Waals surface area contributed by atoms with Gasteiger partial charge in [0.2, 0.25) is 0 Å². The van der Waals surface area contributed by atoms with Gasteiger partial charge in [0.25, 0.3) is 0 Å². The standard InChI is InChI=1S/C11H11BrN2/c1-2-9-11(8(12)7-14-9)10-5-3-4-6-13-10/h3-7,14H,2H2,1H3. The molecule has 0 aliphatic heterocycles. The Bertz CT molecular complexity index is 420. The Morgan fingerprint density at radius 2 is 2.29 bits per heavy atom. The van der Waals surface area contributed by atoms with E-state index >= 15 is 0 Å². The third kappa shape index (κ3) is 1.60. The number of aryl methyl sites for hydroxylation is 1. The molecule has 2 aromatic heterocycles. The summed E-state index contributed by atoms with van der Waals surface area (Å²) in [6.07, 6.45) is 4.76. The van der Waals surface area contributed by atoms with Gasteiger partial charge < -0.3 is 4.98 Å². The summed E-state index contributed by atoms with van der Waals surface area (Å²) in [5, 5.41) is 0. The summed E-state index contributed by atoms with van der Waals surface area (Å²) in [7, 11) is 0. The van der Waals surface area contributed by atoms with Gasteiger partial charge >= 0.3 is 0 Å². The van der Waals surface area contributed by atoms with Crippen LogP contribution in [0, 0.1) is 0 Å². The fourth-order valence-corrected chi connectivity index (χ4v) is 2.06. The maximum atomic E-state index is 4.34. The van der Waals surface area contributed by atoms with Crippen LogP contribution >= 0.6 is 15.9 Å². The highest BCUT2D eigenvalue weighted by molar-refractivity contribution is 9.10. The topological polar surface area (TPSA) is 28.7 Å². The molecule has 2 nitrogen and oxygen atoms in total. The van der Waals surface area contributed by atoms with Crippen molar-refractivity contribution in [2.45, 2.75) is 13.3 Å². The molecule has 1 N–H and O–H groups in total. The van der Waals surface area contributed by atoms with Crippen molar-refractivity contribution < 1.29 is 0 Å². The van der Waals surface area contributed by atoms with E-state index in [4.69, 9.17) is 0 Å². The smallest absolute Gasteiger partial charge is 0.0731 e. The van der Waals surface area contributed by atoms with Gasteiger partial charge in [-0.3, -0.25) is 4.98 Å². The van der Waals surface area contributed by atoms with Gasteiger partial charge in [-0.15, -0.1) is 0 Å². The lowest BCUT2D eigenvalue weighted by Gasteiger charge is -2.01. The Hall–Kier alpha value is -1.09. The van der Waals surface area contributed by atoms with Crippen LogP contribution in [0.3, 0.4) is 0 Å². The summed E-state index contributed by atoms with van der Waals surface area (Å²) in [6.45, 7) is 2.13. The SMILES string of the molecule is CCc1[nH]cc(Br)c1-c1ccccn1. The number of nitrogens with zero attached hydrogens (tertiary/aromatic N) is 1. The molecule has 2 rings (SSSR count). The Kier molecular flexibility index (Phi) is 2.68. The Morgan fingerprint density at radius 1 is 1.43 bits per heavy atom. The summed E-state index contributed by atoms with van der Waals surface area (Å²) in [5.41, 5.74) is 3.40. The van der Waals surface area contributed by atoms with Crippen molar-refractivity contribution in [3.05, 3.63) is 40.8 Å². The highest BCUT2D eigenvalue weighted by Crippen LogP contribution is 2.30. The number of hydrogen-bond acceptors (Lipinski definition) is 1. The lowest BCUT2D eigenvalue weighted by molar-refractivity contribution is 1.06. The minimum atomic E-state index is 0.984. The zero-order chi connectivity index (χ0) is 9.97. The van der Waals surface area contributed by atoms with E-state index in [1.165, 1.54) is 11.3 Å². The molecule has 0 fully saturated rings. The highest BCUT2D eigenvalue weighted by Gasteiger charge is 2.10. The first-order valence-electron chi connectivity index (χ1n) is 4.60. The van der Waals surface area contributed by atoms with Gasteiger partial charge in [-0.05, 0) is 34.5 Å². The fourth-order valence-electron chi connectivity index (χ4n) is 1.51. The first-order valence-corrected chi connectivity index (χ1v) is 5.39. The van der Waals surface area contributed by atoms with Crippen LogP contribution in [-0.4, -0.2) is 9.97 Å². The van der Waals surface area contributed by atoms with Gasteiger partial charge in [0.1, 0.15) is 0 Å². The first kappa shape index (κ1) is 9.46. The van der Waals surface area contributed by atoms with Crippen LogP contribution in [0.5, 0.6) is 0 Å². The summed E-state index contributed by atoms with van der Waals surface area (Å²) in [6, 6.07) is 5.95. The Balaban J connectivity index is 2.55. The molecular weight excluding hydrogens is 240 g/mol. The number of H-pyrrole nitrogens is 1. The van der Waals surface area contributed by atoms with E-state index in [-0.39, 0.29) is 0 Å². The van der Waals surface area contributed by atoms with Crippen molar-refractivity contribution in [1.29, 1.82) is 0 Å². The van der Waals surface area contributed by atoms with Gasteiger partial charge in [0, 0.05) is 28.1 Å². The molecule has 0 amide bonds. The molecule has 0 radical (unpaired) electrons. The Labute approximate surface area is 91.5 Å². The van der Waals surface area contributed by atoms with Crippen LogP contribution in [0.15, 0.2) is 35.1 Å². The van der Waals surface area contributed by atoms with E-state index in [1.54, 1.807) is 0 Å². The highest BCUT2D eigenvalue weighted by atomic mass is 79.9. The van der Waals surface area contributed by atoms with Crippen LogP contribution < -0.4 is 0 Å². The number of halogens is 1. The second-order valence-electron chi connectivity index (χ2n) is 3.06. The number of aromatic amines is 1. The first-order chi connectivity index (χ1) is 6.83. The average molecular weight is 251 g/mol. The number of pyridine rings is 1. The quantitative estimate of drug-likeness (QED) is 0.870. The van der Waals surface area contributed by atoms with E-state index in [0.717, 1.165) is 16.6 Å². The molecule has 0 aromatic carbocycles. The monoisotopic (exact) mass is 250 g/mol. The normalized spacial score (nSPS) is 10.4. The van der Waals surface area contributed by atoms with Gasteiger partial charge in [-0.2, -0.15) is 0 Å². The molecule has 0 bridgehead atoms. The van der Waals surface area contributed by atoms with Gasteiger partial charge in [0.15, 0.2) is 0 Å². The predicted octanol–water partition coefficient (Wildman–Crippen LogP) is 3.40. The second kappa shape index (κ2) is 3.96. The third-order valence-corrected chi connectivity index (χ3v) is 2.81. The van der Waals surface area contributed by atoms with Crippen LogP contribution in [0.1, 0.15) is 12.6 Å². The second-order valence-corrected chi connectivity index (χ2v) is 3.91. The molecule has 0 unspecified atom stereocenters. The number of rotatable bonds is 2. The van der Waals surface area contributed by atoms with Crippen molar-refractivity contribution in [2.24, 2.45) is 0 Å². The molecule has 0 spiro atoms. The third-order valence-electron chi connectivity index (χ3n) is 2.19. The van der Waals surface area contributed by atoms with Gasteiger partial charge in [-0.25, -0.2) is 0 Å². The lowest BCUT2D eigenvalue weighted by atomic mass is 10.1. The van der Waals surface area contributed by atoms with E-state index < -0.39 is 0 Å². The molecule has 0 atom stereocenters. The fraction of sp³-hybridized carbons (Fsp3) is 0.182. The van der Waals surface area contributed by atoms with Gasteiger partial charge in [-0.1, -0.05) is 13.0 Å². The zero-order valence-corrected chi connectivity index (χ0v) is 9.51. The summed E-state index contributed by atoms with van der Waals surface area (Å²) < 4.78 is 1.08. The predicted molar refractivity (Wildman–Crippen MR) is 61.1 cm³/mol.